The lowest BCUT2D eigenvalue weighted by Crippen LogP contribution is -2.47. The van der Waals surface area contributed by atoms with E-state index in [1.165, 1.54) is 16.7 Å². The van der Waals surface area contributed by atoms with E-state index in [0.717, 1.165) is 28.9 Å². The van der Waals surface area contributed by atoms with E-state index in [1.807, 2.05) is 30.3 Å². The van der Waals surface area contributed by atoms with Gasteiger partial charge in [0.2, 0.25) is 0 Å². The SMILES string of the molecule is Cc1ccc([C@H]2C[C@@H](O)[C@H](O)[C@@H](CO)O2)cc1Cc1ccc(OCC2OCc3ccccc32)cc1. The molecule has 1 unspecified atom stereocenters. The fraction of sp³-hybridized carbons (Fsp3) is 0.379. The van der Waals surface area contributed by atoms with Crippen molar-refractivity contribution in [2.75, 3.05) is 13.2 Å². The number of aliphatic hydroxyl groups is 3. The van der Waals surface area contributed by atoms with Crippen molar-refractivity contribution >= 4 is 0 Å². The standard InChI is InChI=1S/C29H32O6/c1-18-6-9-20(26-14-25(31)29(32)27(15-30)35-26)13-22(18)12-19-7-10-23(11-8-19)33-17-28-24-5-3-2-4-21(24)16-34-28/h2-11,13,25-32H,12,14-17H2,1H3/t25-,26-,27-,28?,29+/m1/s1. The molecule has 6 heteroatoms. The van der Waals surface area contributed by atoms with Crippen LogP contribution >= 0.6 is 0 Å². The Kier molecular flexibility index (Phi) is 7.18. The zero-order valence-corrected chi connectivity index (χ0v) is 19.8. The second kappa shape index (κ2) is 10.5. The van der Waals surface area contributed by atoms with Gasteiger partial charge in [-0.2, -0.15) is 0 Å². The molecule has 35 heavy (non-hydrogen) atoms. The lowest BCUT2D eigenvalue weighted by Gasteiger charge is -2.36. The molecule has 184 valence electrons. The number of fused-ring (bicyclic) bond motifs is 1. The van der Waals surface area contributed by atoms with Crippen LogP contribution in [0.2, 0.25) is 0 Å². The molecule has 2 heterocycles. The quantitative estimate of drug-likeness (QED) is 0.481. The van der Waals surface area contributed by atoms with Crippen LogP contribution in [0.3, 0.4) is 0 Å². The molecule has 5 atom stereocenters. The molecular formula is C29H32O6. The average molecular weight is 477 g/mol. The van der Waals surface area contributed by atoms with E-state index in [2.05, 4.69) is 43.3 Å². The van der Waals surface area contributed by atoms with Gasteiger partial charge >= 0.3 is 0 Å². The number of hydrogen-bond donors (Lipinski definition) is 3. The van der Waals surface area contributed by atoms with Crippen molar-refractivity contribution < 1.29 is 29.5 Å². The molecule has 0 radical (unpaired) electrons. The van der Waals surface area contributed by atoms with Crippen LogP contribution in [-0.2, 0) is 22.5 Å². The first-order chi connectivity index (χ1) is 17.0. The van der Waals surface area contributed by atoms with Crippen molar-refractivity contribution in [3.63, 3.8) is 0 Å². The molecule has 2 aliphatic heterocycles. The number of ether oxygens (including phenoxy) is 3. The van der Waals surface area contributed by atoms with Gasteiger partial charge in [0.1, 0.15) is 30.7 Å². The minimum absolute atomic E-state index is 0.0386. The maximum atomic E-state index is 10.2. The van der Waals surface area contributed by atoms with Gasteiger partial charge in [0.15, 0.2) is 0 Å². The molecule has 0 amide bonds. The summed E-state index contributed by atoms with van der Waals surface area (Å²) in [5.41, 5.74) is 6.86. The minimum Gasteiger partial charge on any atom is -0.491 e. The Hall–Kier alpha value is -2.74. The number of benzene rings is 3. The summed E-state index contributed by atoms with van der Waals surface area (Å²) in [4.78, 5) is 0. The maximum absolute atomic E-state index is 10.2. The van der Waals surface area contributed by atoms with E-state index in [9.17, 15) is 15.3 Å². The van der Waals surface area contributed by atoms with Crippen LogP contribution < -0.4 is 4.74 Å². The van der Waals surface area contributed by atoms with E-state index >= 15 is 0 Å². The van der Waals surface area contributed by atoms with Gasteiger partial charge in [0, 0.05) is 6.42 Å². The van der Waals surface area contributed by atoms with Gasteiger partial charge in [-0.05, 0) is 58.9 Å². The number of hydrogen-bond acceptors (Lipinski definition) is 6. The fourth-order valence-corrected chi connectivity index (χ4v) is 4.89. The first-order valence-corrected chi connectivity index (χ1v) is 12.1. The van der Waals surface area contributed by atoms with Crippen LogP contribution in [0.25, 0.3) is 0 Å². The van der Waals surface area contributed by atoms with Gasteiger partial charge in [-0.3, -0.25) is 0 Å². The van der Waals surface area contributed by atoms with E-state index in [0.29, 0.717) is 19.6 Å². The van der Waals surface area contributed by atoms with Gasteiger partial charge in [-0.15, -0.1) is 0 Å². The Morgan fingerprint density at radius 3 is 2.60 bits per heavy atom. The third-order valence-electron chi connectivity index (χ3n) is 7.06. The van der Waals surface area contributed by atoms with Crippen molar-refractivity contribution in [1.29, 1.82) is 0 Å². The number of aryl methyl sites for hydroxylation is 1. The highest BCUT2D eigenvalue weighted by Crippen LogP contribution is 2.34. The Bertz CT molecular complexity index is 1140. The molecule has 0 saturated carbocycles. The van der Waals surface area contributed by atoms with E-state index in [1.54, 1.807) is 0 Å². The van der Waals surface area contributed by atoms with Crippen LogP contribution in [0.4, 0.5) is 0 Å². The summed E-state index contributed by atoms with van der Waals surface area (Å²) in [6.07, 6.45) is -2.15. The fourth-order valence-electron chi connectivity index (χ4n) is 4.89. The molecule has 1 saturated heterocycles. The van der Waals surface area contributed by atoms with Gasteiger partial charge in [-0.1, -0.05) is 54.6 Å². The molecular weight excluding hydrogens is 444 g/mol. The predicted molar refractivity (Wildman–Crippen MR) is 131 cm³/mol. The molecule has 6 nitrogen and oxygen atoms in total. The Labute approximate surface area is 205 Å². The first kappa shape index (κ1) is 24.0. The highest BCUT2D eigenvalue weighted by molar-refractivity contribution is 5.38. The smallest absolute Gasteiger partial charge is 0.119 e. The van der Waals surface area contributed by atoms with Crippen LogP contribution in [0.15, 0.2) is 66.7 Å². The molecule has 0 bridgehead atoms. The van der Waals surface area contributed by atoms with Gasteiger partial charge in [-0.25, -0.2) is 0 Å². The highest BCUT2D eigenvalue weighted by Gasteiger charge is 2.37. The van der Waals surface area contributed by atoms with Gasteiger partial charge in [0.05, 0.1) is 25.4 Å². The molecule has 1 fully saturated rings. The predicted octanol–water partition coefficient (Wildman–Crippen LogP) is 3.78. The summed E-state index contributed by atoms with van der Waals surface area (Å²) in [7, 11) is 0. The number of rotatable bonds is 7. The highest BCUT2D eigenvalue weighted by atomic mass is 16.5. The third kappa shape index (κ3) is 5.27. The molecule has 0 aromatic heterocycles. The van der Waals surface area contributed by atoms with Crippen LogP contribution in [0.1, 0.15) is 52.0 Å². The molecule has 2 aliphatic rings. The summed E-state index contributed by atoms with van der Waals surface area (Å²) in [6.45, 7) is 2.86. The lowest BCUT2D eigenvalue weighted by atomic mass is 9.91. The zero-order chi connectivity index (χ0) is 24.4. The first-order valence-electron chi connectivity index (χ1n) is 12.1. The van der Waals surface area contributed by atoms with E-state index < -0.39 is 18.3 Å². The molecule has 3 aromatic rings. The van der Waals surface area contributed by atoms with Crippen molar-refractivity contribution in [3.05, 3.63) is 100 Å². The van der Waals surface area contributed by atoms with Gasteiger partial charge < -0.3 is 29.5 Å². The van der Waals surface area contributed by atoms with E-state index in [-0.39, 0.29) is 18.8 Å². The molecule has 0 aliphatic carbocycles. The molecule has 3 aromatic carbocycles. The Balaban J connectivity index is 1.23. The second-order valence-corrected chi connectivity index (χ2v) is 9.46. The zero-order valence-electron chi connectivity index (χ0n) is 19.8. The van der Waals surface area contributed by atoms with Crippen LogP contribution in [0, 0.1) is 6.92 Å². The van der Waals surface area contributed by atoms with Crippen molar-refractivity contribution in [2.45, 2.75) is 56.9 Å². The summed E-state index contributed by atoms with van der Waals surface area (Å²) in [5.74, 6) is 0.811. The summed E-state index contributed by atoms with van der Waals surface area (Å²) >= 11 is 0. The number of aliphatic hydroxyl groups excluding tert-OH is 3. The molecule has 5 rings (SSSR count). The van der Waals surface area contributed by atoms with E-state index in [4.69, 9.17) is 14.2 Å². The Morgan fingerprint density at radius 2 is 1.80 bits per heavy atom. The Morgan fingerprint density at radius 1 is 1.00 bits per heavy atom. The molecule has 0 spiro atoms. The minimum atomic E-state index is -1.07. The second-order valence-electron chi connectivity index (χ2n) is 9.46. The summed E-state index contributed by atoms with van der Waals surface area (Å²) < 4.78 is 17.7. The summed E-state index contributed by atoms with van der Waals surface area (Å²) in [5, 5.41) is 29.7. The van der Waals surface area contributed by atoms with Crippen molar-refractivity contribution in [2.24, 2.45) is 0 Å². The largest absolute Gasteiger partial charge is 0.491 e. The average Bonchev–Trinajstić information content (AvgIpc) is 3.29. The lowest BCUT2D eigenvalue weighted by molar-refractivity contribution is -0.181. The van der Waals surface area contributed by atoms with Crippen molar-refractivity contribution in [3.8, 4) is 5.75 Å². The third-order valence-corrected chi connectivity index (χ3v) is 7.06. The summed E-state index contributed by atoms with van der Waals surface area (Å²) in [6, 6.07) is 22.5. The topological polar surface area (TPSA) is 88.4 Å². The van der Waals surface area contributed by atoms with Crippen LogP contribution in [-0.4, -0.2) is 46.8 Å². The molecule has 3 N–H and O–H groups in total. The van der Waals surface area contributed by atoms with Gasteiger partial charge in [0.25, 0.3) is 0 Å². The van der Waals surface area contributed by atoms with Crippen LogP contribution in [0.5, 0.6) is 5.75 Å². The maximum Gasteiger partial charge on any atom is 0.119 e. The van der Waals surface area contributed by atoms with Crippen molar-refractivity contribution in [1.82, 2.24) is 0 Å². The monoisotopic (exact) mass is 476 g/mol. The normalized spacial score (nSPS) is 25.9.